The normalized spacial score (nSPS) is 14.2. The van der Waals surface area contributed by atoms with Gasteiger partial charge in [-0.3, -0.25) is 0 Å². The van der Waals surface area contributed by atoms with Gasteiger partial charge in [-0.15, -0.1) is 0 Å². The molecule has 0 bridgehead atoms. The highest BCUT2D eigenvalue weighted by atomic mass is 16.4. The van der Waals surface area contributed by atoms with E-state index in [-0.39, 0.29) is 6.61 Å². The first-order chi connectivity index (χ1) is 12.2. The molecule has 25 heavy (non-hydrogen) atoms. The minimum Gasteiger partial charge on any atom is -0.396 e. The average Bonchev–Trinajstić information content (AvgIpc) is 2.63. The Labute approximate surface area is 155 Å². The second-order valence-corrected chi connectivity index (χ2v) is 7.12. The Hall–Kier alpha value is -0.420. The number of unbranched alkanes of at least 4 members (excludes halogenated alkanes) is 12. The summed E-state index contributed by atoms with van der Waals surface area (Å²) in [6.07, 6.45) is 20.0. The van der Waals surface area contributed by atoms with E-state index in [2.05, 4.69) is 12.2 Å². The van der Waals surface area contributed by atoms with Gasteiger partial charge in [-0.1, -0.05) is 69.9 Å². The van der Waals surface area contributed by atoms with Gasteiger partial charge < -0.3 is 20.4 Å². The molecule has 0 amide bonds. The van der Waals surface area contributed by atoms with Crippen molar-refractivity contribution in [3.8, 4) is 0 Å². The van der Waals surface area contributed by atoms with Crippen LogP contribution in [0.25, 0.3) is 0 Å². The van der Waals surface area contributed by atoms with Crippen LogP contribution in [0.2, 0.25) is 0 Å². The summed E-state index contributed by atoms with van der Waals surface area (Å²) in [6, 6.07) is 0. The number of hydrogen-bond donors (Lipinski definition) is 4. The maximum Gasteiger partial charge on any atom is 0.103 e. The molecule has 0 aromatic carbocycles. The lowest BCUT2D eigenvalue weighted by Gasteiger charge is -2.14. The monoisotopic (exact) mass is 358 g/mol. The highest BCUT2D eigenvalue weighted by molar-refractivity contribution is 4.81. The summed E-state index contributed by atoms with van der Waals surface area (Å²) >= 11 is 0. The van der Waals surface area contributed by atoms with E-state index in [4.69, 9.17) is 10.2 Å². The molecule has 2 unspecified atom stereocenters. The van der Waals surface area contributed by atoms with Gasteiger partial charge in [0.05, 0.1) is 12.7 Å². The molecule has 0 radical (unpaired) electrons. The number of rotatable bonds is 19. The van der Waals surface area contributed by atoms with Gasteiger partial charge in [0, 0.05) is 6.61 Å². The largest absolute Gasteiger partial charge is 0.396 e. The van der Waals surface area contributed by atoms with Crippen molar-refractivity contribution in [2.24, 2.45) is 0 Å². The zero-order chi connectivity index (χ0) is 18.6. The van der Waals surface area contributed by atoms with Crippen LogP contribution in [0.1, 0.15) is 96.3 Å². The molecule has 0 spiro atoms. The fourth-order valence-corrected chi connectivity index (χ4v) is 2.95. The Balaban J connectivity index is 3.18. The van der Waals surface area contributed by atoms with E-state index in [1.165, 1.54) is 64.2 Å². The third-order valence-corrected chi connectivity index (χ3v) is 4.70. The summed E-state index contributed by atoms with van der Waals surface area (Å²) in [5.41, 5.74) is 0. The molecule has 4 nitrogen and oxygen atoms in total. The molecule has 0 saturated carbocycles. The first kappa shape index (κ1) is 24.6. The molecule has 2 atom stereocenters. The van der Waals surface area contributed by atoms with E-state index < -0.39 is 12.2 Å². The molecule has 4 N–H and O–H groups in total. The van der Waals surface area contributed by atoms with Crippen LogP contribution in [0.3, 0.4) is 0 Å². The summed E-state index contributed by atoms with van der Waals surface area (Å²) in [4.78, 5) is 0. The van der Waals surface area contributed by atoms with Gasteiger partial charge in [-0.05, 0) is 38.5 Å². The quantitative estimate of drug-likeness (QED) is 0.207. The van der Waals surface area contributed by atoms with Crippen molar-refractivity contribution in [3.63, 3.8) is 0 Å². The van der Waals surface area contributed by atoms with E-state index in [1.54, 1.807) is 0 Å². The van der Waals surface area contributed by atoms with Crippen molar-refractivity contribution >= 4 is 0 Å². The Morgan fingerprint density at radius 1 is 0.520 bits per heavy atom. The van der Waals surface area contributed by atoms with Gasteiger partial charge in [0.2, 0.25) is 0 Å². The van der Waals surface area contributed by atoms with Crippen molar-refractivity contribution in [1.29, 1.82) is 0 Å². The second-order valence-electron chi connectivity index (χ2n) is 7.12. The first-order valence-electron chi connectivity index (χ1n) is 10.4. The van der Waals surface area contributed by atoms with E-state index in [0.717, 1.165) is 25.7 Å². The van der Waals surface area contributed by atoms with Gasteiger partial charge in [0.1, 0.15) is 6.10 Å². The van der Waals surface area contributed by atoms with E-state index in [0.29, 0.717) is 13.0 Å². The smallest absolute Gasteiger partial charge is 0.103 e. The summed E-state index contributed by atoms with van der Waals surface area (Å²) < 4.78 is 0. The molecule has 0 aliphatic rings. The van der Waals surface area contributed by atoms with E-state index in [1.807, 2.05) is 0 Å². The SMILES string of the molecule is OCCCCCCCC/C=C\CCCCCCCCC(O)C(O)CO. The van der Waals surface area contributed by atoms with Gasteiger partial charge >= 0.3 is 0 Å². The molecule has 4 heteroatoms. The fourth-order valence-electron chi connectivity index (χ4n) is 2.95. The molecule has 0 fully saturated rings. The standard InChI is InChI=1S/C21H42O4/c22-18-16-14-12-10-8-6-4-2-1-3-5-7-9-11-13-15-17-20(24)21(25)19-23/h1-2,20-25H,3-19H2/b2-1-. The van der Waals surface area contributed by atoms with Crippen LogP contribution in [0.4, 0.5) is 0 Å². The molecular weight excluding hydrogens is 316 g/mol. The molecule has 0 rings (SSSR count). The van der Waals surface area contributed by atoms with Gasteiger partial charge in [-0.2, -0.15) is 0 Å². The molecule has 0 aromatic heterocycles. The van der Waals surface area contributed by atoms with Crippen LogP contribution >= 0.6 is 0 Å². The highest BCUT2D eigenvalue weighted by Crippen LogP contribution is 2.12. The van der Waals surface area contributed by atoms with Crippen LogP contribution in [0, 0.1) is 0 Å². The molecule has 0 aromatic rings. The predicted molar refractivity (Wildman–Crippen MR) is 105 cm³/mol. The van der Waals surface area contributed by atoms with Crippen LogP contribution in [0.15, 0.2) is 12.2 Å². The lowest BCUT2D eigenvalue weighted by atomic mass is 10.0. The summed E-state index contributed by atoms with van der Waals surface area (Å²) in [5, 5.41) is 36.2. The third kappa shape index (κ3) is 18.2. The Morgan fingerprint density at radius 3 is 1.44 bits per heavy atom. The lowest BCUT2D eigenvalue weighted by molar-refractivity contribution is -0.0185. The molecule has 0 saturated heterocycles. The minimum atomic E-state index is -0.988. The lowest BCUT2D eigenvalue weighted by Crippen LogP contribution is -2.28. The zero-order valence-electron chi connectivity index (χ0n) is 16.1. The number of allylic oxidation sites excluding steroid dienone is 2. The number of aliphatic hydroxyl groups is 4. The molecule has 0 aliphatic heterocycles. The number of aliphatic hydroxyl groups excluding tert-OH is 4. The van der Waals surface area contributed by atoms with Gasteiger partial charge in [0.25, 0.3) is 0 Å². The van der Waals surface area contributed by atoms with Crippen LogP contribution < -0.4 is 0 Å². The predicted octanol–water partition coefficient (Wildman–Crippen LogP) is 4.10. The van der Waals surface area contributed by atoms with Crippen molar-refractivity contribution < 1.29 is 20.4 Å². The van der Waals surface area contributed by atoms with Crippen molar-refractivity contribution in [1.82, 2.24) is 0 Å². The average molecular weight is 359 g/mol. The maximum absolute atomic E-state index is 9.52. The van der Waals surface area contributed by atoms with Crippen LogP contribution in [0.5, 0.6) is 0 Å². The molecule has 150 valence electrons. The molecule has 0 heterocycles. The maximum atomic E-state index is 9.52. The van der Waals surface area contributed by atoms with Crippen LogP contribution in [-0.2, 0) is 0 Å². The van der Waals surface area contributed by atoms with Gasteiger partial charge in [-0.25, -0.2) is 0 Å². The third-order valence-electron chi connectivity index (χ3n) is 4.70. The Morgan fingerprint density at radius 2 is 0.960 bits per heavy atom. The molecule has 0 aliphatic carbocycles. The Kier molecular flexibility index (Phi) is 19.6. The summed E-state index contributed by atoms with van der Waals surface area (Å²) in [5.74, 6) is 0. The Bertz CT molecular complexity index is 281. The minimum absolute atomic E-state index is 0.334. The summed E-state index contributed by atoms with van der Waals surface area (Å²) in [7, 11) is 0. The zero-order valence-corrected chi connectivity index (χ0v) is 16.1. The van der Waals surface area contributed by atoms with Crippen LogP contribution in [-0.4, -0.2) is 45.8 Å². The highest BCUT2D eigenvalue weighted by Gasteiger charge is 2.13. The molecular formula is C21H42O4. The first-order valence-corrected chi connectivity index (χ1v) is 10.4. The second kappa shape index (κ2) is 19.9. The van der Waals surface area contributed by atoms with Gasteiger partial charge in [0.15, 0.2) is 0 Å². The fraction of sp³-hybridized carbons (Fsp3) is 0.905. The van der Waals surface area contributed by atoms with E-state index in [9.17, 15) is 10.2 Å². The van der Waals surface area contributed by atoms with Crippen molar-refractivity contribution in [3.05, 3.63) is 12.2 Å². The topological polar surface area (TPSA) is 80.9 Å². The van der Waals surface area contributed by atoms with Crippen molar-refractivity contribution in [2.75, 3.05) is 13.2 Å². The summed E-state index contributed by atoms with van der Waals surface area (Å²) in [6.45, 7) is -0.0278. The van der Waals surface area contributed by atoms with Crippen molar-refractivity contribution in [2.45, 2.75) is 109 Å². The number of hydrogen-bond acceptors (Lipinski definition) is 4. The van der Waals surface area contributed by atoms with E-state index >= 15 is 0 Å².